The van der Waals surface area contributed by atoms with Crippen molar-refractivity contribution in [3.05, 3.63) is 144 Å². The van der Waals surface area contributed by atoms with Crippen molar-refractivity contribution in [1.82, 2.24) is 19.9 Å². The van der Waals surface area contributed by atoms with Crippen LogP contribution in [0.2, 0.25) is 12.6 Å². The topological polar surface area (TPSA) is 57.4 Å². The molecular formula is C93H64N4Si2. The number of aromatic amines is 2. The molecule has 0 saturated carbocycles. The second kappa shape index (κ2) is 35.4. The van der Waals surface area contributed by atoms with Gasteiger partial charge in [0, 0.05) is 116 Å². The molecule has 4 aliphatic rings. The van der Waals surface area contributed by atoms with Crippen LogP contribution in [0, 0.1) is 190 Å². The van der Waals surface area contributed by atoms with E-state index < -0.39 is 16.9 Å². The van der Waals surface area contributed by atoms with Gasteiger partial charge in [0.2, 0.25) is 0 Å². The van der Waals surface area contributed by atoms with Gasteiger partial charge in [-0.2, -0.15) is 0 Å². The summed E-state index contributed by atoms with van der Waals surface area (Å²) in [6, 6.07) is 46.0. The second-order valence-corrected chi connectivity index (χ2v) is 30.6. The first-order valence-electron chi connectivity index (χ1n) is 33.5. The van der Waals surface area contributed by atoms with Crippen LogP contribution in [0.3, 0.4) is 0 Å². The lowest BCUT2D eigenvalue weighted by Gasteiger charge is -2.25. The molecule has 2 unspecified atom stereocenters. The highest BCUT2D eigenvalue weighted by Gasteiger charge is 2.41. The van der Waals surface area contributed by atoms with Gasteiger partial charge in [-0.05, 0) is 216 Å². The lowest BCUT2D eigenvalue weighted by atomic mass is 9.99. The van der Waals surface area contributed by atoms with E-state index in [4.69, 9.17) is 16.4 Å². The second-order valence-electron chi connectivity index (χ2n) is 23.9. The number of unbranched alkanes of at least 4 members (excludes halogenated alkanes) is 13. The zero-order chi connectivity index (χ0) is 68.0. The molecule has 0 saturated heterocycles. The summed E-state index contributed by atoms with van der Waals surface area (Å²) >= 11 is 0. The zero-order valence-electron chi connectivity index (χ0n) is 55.5. The molecule has 464 valence electrons. The van der Waals surface area contributed by atoms with Crippen LogP contribution >= 0.6 is 0 Å². The number of hydrogen-bond acceptors (Lipinski definition) is 2. The predicted molar refractivity (Wildman–Crippen MR) is 418 cm³/mol. The Morgan fingerprint density at radius 3 is 1.24 bits per heavy atom. The average molecular weight is 1290 g/mol. The monoisotopic (exact) mass is 1290 g/mol. The molecule has 0 amide bonds. The van der Waals surface area contributed by atoms with Crippen LogP contribution in [0.1, 0.15) is 120 Å². The van der Waals surface area contributed by atoms with E-state index in [1.807, 2.05) is 0 Å². The minimum absolute atomic E-state index is 0.860. The van der Waals surface area contributed by atoms with E-state index in [1.54, 1.807) is 10.4 Å². The van der Waals surface area contributed by atoms with Crippen molar-refractivity contribution in [2.45, 2.75) is 109 Å². The van der Waals surface area contributed by atoms with E-state index in [0.29, 0.717) is 0 Å². The van der Waals surface area contributed by atoms with Crippen molar-refractivity contribution in [3.8, 4) is 234 Å². The van der Waals surface area contributed by atoms with Gasteiger partial charge in [-0.15, -0.1) is 12.0 Å². The first kappa shape index (κ1) is 67.3. The van der Waals surface area contributed by atoms with Crippen molar-refractivity contribution in [2.24, 2.45) is 0 Å². The number of rotatable bonds is 17. The van der Waals surface area contributed by atoms with Crippen molar-refractivity contribution >= 4 is 84.0 Å². The Balaban J connectivity index is 0.783. The van der Waals surface area contributed by atoms with E-state index in [-0.39, 0.29) is 0 Å². The molecule has 7 heterocycles. The van der Waals surface area contributed by atoms with Crippen molar-refractivity contribution in [2.75, 3.05) is 0 Å². The van der Waals surface area contributed by atoms with Gasteiger partial charge < -0.3 is 9.97 Å². The maximum atomic E-state index is 5.39. The normalized spacial score (nSPS) is 12.4. The van der Waals surface area contributed by atoms with Gasteiger partial charge in [-0.1, -0.05) is 188 Å². The van der Waals surface area contributed by atoms with E-state index >= 15 is 0 Å². The van der Waals surface area contributed by atoms with E-state index in [2.05, 4.69) is 352 Å². The number of hydrogen-bond donors (Lipinski definition) is 2. The lowest BCUT2D eigenvalue weighted by Crippen LogP contribution is -2.52. The van der Waals surface area contributed by atoms with Crippen LogP contribution in [-0.2, 0) is 0 Å². The third-order valence-corrected chi connectivity index (χ3v) is 24.6. The summed E-state index contributed by atoms with van der Waals surface area (Å²) in [4.78, 5) is 18.3. The third kappa shape index (κ3) is 18.0. The highest BCUT2D eigenvalue weighted by Crippen LogP contribution is 2.38. The number of benzene rings is 4. The summed E-state index contributed by atoms with van der Waals surface area (Å²) in [7, 11) is -4.14. The van der Waals surface area contributed by atoms with Crippen LogP contribution in [0.25, 0.3) is 90.9 Å². The summed E-state index contributed by atoms with van der Waals surface area (Å²) in [6.07, 6.45) is 32.7. The molecule has 0 radical (unpaired) electrons. The maximum Gasteiger partial charge on any atom is 0.186 e. The summed E-state index contributed by atoms with van der Waals surface area (Å²) in [5.74, 6) is 77.7. The molecule has 4 nitrogen and oxygen atoms in total. The fraction of sp³-hybridized carbons (Fsp3) is 0.183. The van der Waals surface area contributed by atoms with Crippen LogP contribution < -0.4 is 20.7 Å². The van der Waals surface area contributed by atoms with Gasteiger partial charge in [0.25, 0.3) is 0 Å². The number of fused-ring (bicyclic) bond motifs is 14. The molecule has 3 aromatic heterocycles. The number of H-pyrrole nitrogens is 2. The zero-order valence-corrected chi connectivity index (χ0v) is 57.7. The summed E-state index contributed by atoms with van der Waals surface area (Å²) in [6.45, 7) is 4.92. The van der Waals surface area contributed by atoms with E-state index in [1.165, 1.54) is 134 Å². The van der Waals surface area contributed by atoms with Crippen molar-refractivity contribution in [1.29, 1.82) is 0 Å². The van der Waals surface area contributed by atoms with Gasteiger partial charge in [-0.3, -0.25) is 0 Å². The van der Waals surface area contributed by atoms with E-state index in [0.717, 1.165) is 61.5 Å². The smallest absolute Gasteiger partial charge is 0.186 e. The molecule has 2 atom stereocenters. The molecule has 6 heteroatoms. The van der Waals surface area contributed by atoms with Gasteiger partial charge in [-0.25, -0.2) is 9.97 Å². The summed E-state index contributed by atoms with van der Waals surface area (Å²) in [5.41, 5.74) is 20.6. The fourth-order valence-corrected chi connectivity index (χ4v) is 19.9. The molecule has 0 fully saturated rings. The average Bonchev–Trinajstić information content (AvgIpc) is 1.59. The molecular weight excluding hydrogens is 1230 g/mol. The van der Waals surface area contributed by atoms with Crippen LogP contribution in [0.15, 0.2) is 121 Å². The Hall–Kier alpha value is -13.1. The Bertz CT molecular complexity index is 5730. The number of nitrogens with zero attached hydrogens (tertiary/aromatic N) is 2. The molecule has 4 aromatic carbocycles. The minimum Gasteiger partial charge on any atom is -0.355 e. The standard InChI is InChI=1S/C93H64N4Si2/c1-4-6-8-10-12-14-16-18-20-21-22-23-24-25-26-27-28-29-30-31-32-33-34-35-36-38-40-42-44-50-68-98-88-54-48-46-52-80(88)81-62-56-74(70-89(81)98)92-84-64-58-76(94-84)72-78-60-66-86(96-78)93(87-67-61-79(97-87)73-77-59-65-85(92)95-77)75-57-63-83-82-53-47-49-55-90(82)99(3,91(83)71-75)69-51-45-43-41-39-37-19-17-15-13-11-9-7-5-2/h1,46-49,52-67,70-73,94,97-98H,5,7,9,11,13,15,17,19,37,39,41,43,45,51,69H2,2-3H3. The molecule has 8 bridgehead atoms. The van der Waals surface area contributed by atoms with Gasteiger partial charge in [0.05, 0.1) is 22.8 Å². The van der Waals surface area contributed by atoms with Gasteiger partial charge >= 0.3 is 0 Å². The van der Waals surface area contributed by atoms with Crippen LogP contribution in [-0.4, -0.2) is 36.8 Å². The Labute approximate surface area is 587 Å². The molecule has 7 aromatic rings. The van der Waals surface area contributed by atoms with E-state index in [9.17, 15) is 0 Å². The molecule has 0 spiro atoms. The summed E-state index contributed by atoms with van der Waals surface area (Å²) in [5, 5.41) is 5.62. The lowest BCUT2D eigenvalue weighted by molar-refractivity contribution is 0.538. The molecule has 99 heavy (non-hydrogen) atoms. The first-order valence-corrected chi connectivity index (χ1v) is 38.0. The highest BCUT2D eigenvalue weighted by molar-refractivity contribution is 7.04. The largest absolute Gasteiger partial charge is 0.355 e. The number of terminal acetylenes is 1. The third-order valence-electron chi connectivity index (χ3n) is 17.4. The number of nitrogens with one attached hydrogen (secondary N) is 2. The summed E-state index contributed by atoms with van der Waals surface area (Å²) < 4.78 is 0. The highest BCUT2D eigenvalue weighted by atomic mass is 28.3. The maximum absolute atomic E-state index is 5.39. The predicted octanol–water partition coefficient (Wildman–Crippen LogP) is 14.2. The quantitative estimate of drug-likeness (QED) is 0.0542. The Morgan fingerprint density at radius 2 is 0.758 bits per heavy atom. The van der Waals surface area contributed by atoms with Crippen LogP contribution in [0.5, 0.6) is 0 Å². The fourth-order valence-electron chi connectivity index (χ4n) is 12.9. The molecule has 4 aliphatic heterocycles. The molecule has 2 N–H and O–H groups in total. The van der Waals surface area contributed by atoms with Crippen molar-refractivity contribution in [3.63, 3.8) is 0 Å². The minimum atomic E-state index is -2.07. The van der Waals surface area contributed by atoms with Crippen molar-refractivity contribution < 1.29 is 0 Å². The molecule has 11 rings (SSSR count). The molecule has 0 aliphatic carbocycles. The Morgan fingerprint density at radius 1 is 0.364 bits per heavy atom. The number of aromatic nitrogens is 4. The Kier molecular flexibility index (Phi) is 24.1. The van der Waals surface area contributed by atoms with Gasteiger partial charge in [0.1, 0.15) is 8.07 Å². The SMILES string of the molecule is C#CC#CC#CC#CC#CC#CC#CC#CC#CC#CC#CC#CC#CC#CC#CC#C[SiH]1c2ccccc2-c2ccc(-c3c4nc(cc5ccc([nH]5)c(-c5ccc6c(c5)[Si](C)(CCCCCCCCCCCCCCCC)c5ccccc5-6)c5nc(cc6ccc3[nH]6)C=C5)C=C4)cc21. The first-order chi connectivity index (χ1) is 49.0. The van der Waals surface area contributed by atoms with Gasteiger partial charge in [0.15, 0.2) is 8.80 Å². The van der Waals surface area contributed by atoms with Crippen LogP contribution in [0.4, 0.5) is 0 Å².